The molecule has 12 heavy (non-hydrogen) atoms. The van der Waals surface area contributed by atoms with Gasteiger partial charge in [-0.15, -0.1) is 0 Å². The van der Waals surface area contributed by atoms with Gasteiger partial charge in [0.15, 0.2) is 0 Å². The first kappa shape index (κ1) is 9.86. The van der Waals surface area contributed by atoms with Crippen molar-refractivity contribution in [3.8, 4) is 0 Å². The molecule has 1 fully saturated rings. The lowest BCUT2D eigenvalue weighted by atomic mass is 10.3. The number of nitrogens with zero attached hydrogens (tertiary/aromatic N) is 1. The minimum atomic E-state index is 0.770. The van der Waals surface area contributed by atoms with Gasteiger partial charge < -0.3 is 10.2 Å². The number of thioether (sulfide) groups is 1. The normalized spacial score (nSPS) is 19.0. The predicted octanol–water partition coefficient (Wildman–Crippen LogP) is 0.171. The SMILES string of the molecule is O=CNCCCN1CCSCC1. The van der Waals surface area contributed by atoms with E-state index in [2.05, 4.69) is 10.2 Å². The molecule has 0 aromatic heterocycles. The minimum Gasteiger partial charge on any atom is -0.359 e. The second-order valence-corrected chi connectivity index (χ2v) is 4.10. The molecule has 0 bridgehead atoms. The monoisotopic (exact) mass is 188 g/mol. The lowest BCUT2D eigenvalue weighted by Crippen LogP contribution is -2.34. The fourth-order valence-electron chi connectivity index (χ4n) is 1.29. The summed E-state index contributed by atoms with van der Waals surface area (Å²) in [5, 5.41) is 2.68. The van der Waals surface area contributed by atoms with Crippen molar-refractivity contribution in [3.05, 3.63) is 0 Å². The molecule has 0 aromatic rings. The van der Waals surface area contributed by atoms with Crippen molar-refractivity contribution in [2.75, 3.05) is 37.7 Å². The van der Waals surface area contributed by atoms with Gasteiger partial charge in [-0.05, 0) is 13.0 Å². The van der Waals surface area contributed by atoms with Crippen molar-refractivity contribution >= 4 is 18.2 Å². The van der Waals surface area contributed by atoms with Gasteiger partial charge in [0.25, 0.3) is 0 Å². The second-order valence-electron chi connectivity index (χ2n) is 2.88. The average Bonchev–Trinajstić information content (AvgIpc) is 2.14. The zero-order valence-corrected chi connectivity index (χ0v) is 8.11. The molecule has 0 radical (unpaired) electrons. The molecule has 1 saturated heterocycles. The largest absolute Gasteiger partial charge is 0.359 e. The number of nitrogens with one attached hydrogen (secondary N) is 1. The number of hydrogen-bond donors (Lipinski definition) is 1. The van der Waals surface area contributed by atoms with Crippen molar-refractivity contribution < 1.29 is 4.79 Å². The molecule has 0 aliphatic carbocycles. The highest BCUT2D eigenvalue weighted by molar-refractivity contribution is 7.99. The Bertz CT molecular complexity index is 126. The van der Waals surface area contributed by atoms with Crippen LogP contribution in [0.2, 0.25) is 0 Å². The molecule has 0 unspecified atom stereocenters. The van der Waals surface area contributed by atoms with Crippen LogP contribution in [-0.4, -0.2) is 49.0 Å². The zero-order valence-electron chi connectivity index (χ0n) is 7.29. The Balaban J connectivity index is 1.94. The third-order valence-electron chi connectivity index (χ3n) is 1.98. The van der Waals surface area contributed by atoms with Crippen LogP contribution in [0.1, 0.15) is 6.42 Å². The van der Waals surface area contributed by atoms with Crippen LogP contribution in [0.15, 0.2) is 0 Å². The molecular formula is C8H16N2OS. The smallest absolute Gasteiger partial charge is 0.207 e. The van der Waals surface area contributed by atoms with Crippen molar-refractivity contribution in [1.29, 1.82) is 0 Å². The standard InChI is InChI=1S/C8H16N2OS/c11-8-9-2-1-3-10-4-6-12-7-5-10/h8H,1-7H2,(H,9,11). The van der Waals surface area contributed by atoms with Crippen LogP contribution in [0.25, 0.3) is 0 Å². The molecule has 3 nitrogen and oxygen atoms in total. The highest BCUT2D eigenvalue weighted by atomic mass is 32.2. The topological polar surface area (TPSA) is 32.3 Å². The lowest BCUT2D eigenvalue weighted by molar-refractivity contribution is -0.109. The van der Waals surface area contributed by atoms with E-state index in [0.717, 1.165) is 25.9 Å². The van der Waals surface area contributed by atoms with Gasteiger partial charge in [-0.1, -0.05) is 0 Å². The van der Waals surface area contributed by atoms with Crippen LogP contribution >= 0.6 is 11.8 Å². The van der Waals surface area contributed by atoms with E-state index < -0.39 is 0 Å². The Labute approximate surface area is 77.9 Å². The van der Waals surface area contributed by atoms with Crippen LogP contribution in [0.4, 0.5) is 0 Å². The van der Waals surface area contributed by atoms with Gasteiger partial charge in [0, 0.05) is 31.1 Å². The van der Waals surface area contributed by atoms with Gasteiger partial charge >= 0.3 is 0 Å². The maximum Gasteiger partial charge on any atom is 0.207 e. The molecule has 1 heterocycles. The van der Waals surface area contributed by atoms with Crippen molar-refractivity contribution in [2.45, 2.75) is 6.42 Å². The van der Waals surface area contributed by atoms with Crippen LogP contribution < -0.4 is 5.32 Å². The summed E-state index contributed by atoms with van der Waals surface area (Å²) >= 11 is 2.03. The number of rotatable bonds is 5. The lowest BCUT2D eigenvalue weighted by Gasteiger charge is -2.25. The summed E-state index contributed by atoms with van der Waals surface area (Å²) in [4.78, 5) is 12.4. The second kappa shape index (κ2) is 6.31. The first-order valence-electron chi connectivity index (χ1n) is 4.40. The molecule has 0 saturated carbocycles. The predicted molar refractivity (Wildman–Crippen MR) is 52.4 cm³/mol. The summed E-state index contributed by atoms with van der Waals surface area (Å²) in [5.41, 5.74) is 0. The van der Waals surface area contributed by atoms with E-state index in [0.29, 0.717) is 0 Å². The van der Waals surface area contributed by atoms with Gasteiger partial charge in [-0.3, -0.25) is 4.79 Å². The molecular weight excluding hydrogens is 172 g/mol. The maximum atomic E-state index is 9.93. The first-order valence-corrected chi connectivity index (χ1v) is 5.56. The fraction of sp³-hybridized carbons (Fsp3) is 0.875. The molecule has 1 N–H and O–H groups in total. The number of amides is 1. The quantitative estimate of drug-likeness (QED) is 0.493. The number of carbonyl (C=O) groups excluding carboxylic acids is 1. The molecule has 1 amide bonds. The highest BCUT2D eigenvalue weighted by Gasteiger charge is 2.08. The van der Waals surface area contributed by atoms with E-state index in [1.165, 1.54) is 24.6 Å². The summed E-state index contributed by atoms with van der Waals surface area (Å²) in [6, 6.07) is 0. The van der Waals surface area contributed by atoms with Crippen molar-refractivity contribution in [3.63, 3.8) is 0 Å². The molecule has 0 aromatic carbocycles. The Hall–Kier alpha value is -0.220. The van der Waals surface area contributed by atoms with Gasteiger partial charge in [0.2, 0.25) is 6.41 Å². The van der Waals surface area contributed by atoms with E-state index in [1.54, 1.807) is 0 Å². The summed E-state index contributed by atoms with van der Waals surface area (Å²) in [6.07, 6.45) is 1.84. The summed E-state index contributed by atoms with van der Waals surface area (Å²) in [5.74, 6) is 2.53. The van der Waals surface area contributed by atoms with E-state index in [4.69, 9.17) is 0 Å². The summed E-state index contributed by atoms with van der Waals surface area (Å²) in [6.45, 7) is 4.37. The van der Waals surface area contributed by atoms with E-state index in [-0.39, 0.29) is 0 Å². The van der Waals surface area contributed by atoms with Crippen LogP contribution in [-0.2, 0) is 4.79 Å². The Kier molecular flexibility index (Phi) is 5.19. The summed E-state index contributed by atoms with van der Waals surface area (Å²) < 4.78 is 0. The summed E-state index contributed by atoms with van der Waals surface area (Å²) in [7, 11) is 0. The first-order chi connectivity index (χ1) is 5.93. The van der Waals surface area contributed by atoms with Crippen LogP contribution in [0, 0.1) is 0 Å². The minimum absolute atomic E-state index is 0.770. The van der Waals surface area contributed by atoms with E-state index in [1.807, 2.05) is 11.8 Å². The molecule has 70 valence electrons. The molecule has 1 rings (SSSR count). The molecule has 0 spiro atoms. The average molecular weight is 188 g/mol. The van der Waals surface area contributed by atoms with Gasteiger partial charge in [0.1, 0.15) is 0 Å². The Morgan fingerprint density at radius 3 is 2.83 bits per heavy atom. The molecule has 1 aliphatic rings. The van der Waals surface area contributed by atoms with Gasteiger partial charge in [0.05, 0.1) is 0 Å². The van der Waals surface area contributed by atoms with Gasteiger partial charge in [-0.2, -0.15) is 11.8 Å². The Morgan fingerprint density at radius 1 is 1.42 bits per heavy atom. The third-order valence-corrected chi connectivity index (χ3v) is 2.92. The maximum absolute atomic E-state index is 9.93. The highest BCUT2D eigenvalue weighted by Crippen LogP contribution is 2.08. The van der Waals surface area contributed by atoms with E-state index in [9.17, 15) is 4.79 Å². The van der Waals surface area contributed by atoms with Crippen molar-refractivity contribution in [2.24, 2.45) is 0 Å². The van der Waals surface area contributed by atoms with Crippen LogP contribution in [0.5, 0.6) is 0 Å². The Morgan fingerprint density at radius 2 is 2.17 bits per heavy atom. The molecule has 1 aliphatic heterocycles. The van der Waals surface area contributed by atoms with Crippen LogP contribution in [0.3, 0.4) is 0 Å². The molecule has 4 heteroatoms. The number of hydrogen-bond acceptors (Lipinski definition) is 3. The molecule has 0 atom stereocenters. The third kappa shape index (κ3) is 3.97. The van der Waals surface area contributed by atoms with Gasteiger partial charge in [-0.25, -0.2) is 0 Å². The zero-order chi connectivity index (χ0) is 8.65. The van der Waals surface area contributed by atoms with Crippen molar-refractivity contribution in [1.82, 2.24) is 10.2 Å². The number of carbonyl (C=O) groups is 1. The fourth-order valence-corrected chi connectivity index (χ4v) is 2.27. The van der Waals surface area contributed by atoms with E-state index >= 15 is 0 Å².